The first-order chi connectivity index (χ1) is 20.9. The van der Waals surface area contributed by atoms with E-state index in [1.165, 1.54) is 0 Å². The molecule has 7 nitrogen and oxygen atoms in total. The van der Waals surface area contributed by atoms with E-state index in [0.29, 0.717) is 36.0 Å². The van der Waals surface area contributed by atoms with Gasteiger partial charge in [-0.25, -0.2) is 0 Å². The summed E-state index contributed by atoms with van der Waals surface area (Å²) < 4.78 is 17.2. The highest BCUT2D eigenvalue weighted by molar-refractivity contribution is 5.99. The van der Waals surface area contributed by atoms with Gasteiger partial charge < -0.3 is 29.5 Å². The summed E-state index contributed by atoms with van der Waals surface area (Å²) in [5.74, 6) is 2.45. The number of rotatable bonds is 1. The Balaban J connectivity index is 0.000000140. The maximum Gasteiger partial charge on any atom is 0.170 e. The minimum atomic E-state index is 0.148. The predicted molar refractivity (Wildman–Crippen MR) is 164 cm³/mol. The Hall–Kier alpha value is -5.87. The normalized spacial score (nSPS) is 12.3. The molecule has 6 aromatic carbocycles. The summed E-state index contributed by atoms with van der Waals surface area (Å²) >= 11 is 0. The molecule has 0 fully saturated rings. The third-order valence-corrected chi connectivity index (χ3v) is 7.86. The molecule has 2 aliphatic heterocycles. The summed E-state index contributed by atoms with van der Waals surface area (Å²) in [6, 6.07) is 29.8. The van der Waals surface area contributed by atoms with Gasteiger partial charge in [0, 0.05) is 27.5 Å². The first-order valence-corrected chi connectivity index (χ1v) is 13.6. The maximum absolute atomic E-state index is 9.72. The molecule has 0 unspecified atom stereocenters. The van der Waals surface area contributed by atoms with Gasteiger partial charge in [0.25, 0.3) is 0 Å². The number of phenolic OH excluding ortho intramolecular Hbond substituents is 3. The van der Waals surface area contributed by atoms with Crippen molar-refractivity contribution >= 4 is 21.5 Å². The van der Waals surface area contributed by atoms with E-state index in [0.717, 1.165) is 54.9 Å². The van der Waals surface area contributed by atoms with Crippen molar-refractivity contribution in [1.29, 1.82) is 5.26 Å². The molecule has 210 valence electrons. The van der Waals surface area contributed by atoms with E-state index < -0.39 is 0 Å². The van der Waals surface area contributed by atoms with Crippen LogP contribution in [0, 0.1) is 11.3 Å². The van der Waals surface area contributed by atoms with Crippen LogP contribution < -0.4 is 14.2 Å². The van der Waals surface area contributed by atoms with Gasteiger partial charge in [-0.05, 0) is 76.0 Å². The molecular formula is C36H25NO6. The fraction of sp³-hybridized carbons (Fsp3) is 0.0833. The van der Waals surface area contributed by atoms with Crippen LogP contribution in [0.25, 0.3) is 43.8 Å². The van der Waals surface area contributed by atoms with Crippen LogP contribution in [0.1, 0.15) is 16.7 Å². The van der Waals surface area contributed by atoms with E-state index in [1.807, 2.05) is 54.6 Å². The van der Waals surface area contributed by atoms with Crippen LogP contribution in [0.3, 0.4) is 0 Å². The van der Waals surface area contributed by atoms with Crippen LogP contribution in [0.5, 0.6) is 34.5 Å². The van der Waals surface area contributed by atoms with Gasteiger partial charge in [-0.3, -0.25) is 0 Å². The highest BCUT2D eigenvalue weighted by Gasteiger charge is 2.24. The van der Waals surface area contributed by atoms with E-state index in [4.69, 9.17) is 14.2 Å². The van der Waals surface area contributed by atoms with E-state index in [2.05, 4.69) is 6.07 Å². The van der Waals surface area contributed by atoms with Crippen LogP contribution >= 0.6 is 0 Å². The number of benzene rings is 6. The highest BCUT2D eigenvalue weighted by Crippen LogP contribution is 2.48. The van der Waals surface area contributed by atoms with Gasteiger partial charge in [0.2, 0.25) is 0 Å². The smallest absolute Gasteiger partial charge is 0.170 e. The van der Waals surface area contributed by atoms with Crippen molar-refractivity contribution in [2.24, 2.45) is 0 Å². The summed E-state index contributed by atoms with van der Waals surface area (Å²) in [6.45, 7) is 0.833. The number of phenols is 3. The van der Waals surface area contributed by atoms with Crippen LogP contribution in [0.2, 0.25) is 0 Å². The Labute approximate surface area is 247 Å². The van der Waals surface area contributed by atoms with Crippen molar-refractivity contribution in [1.82, 2.24) is 0 Å². The third-order valence-electron chi connectivity index (χ3n) is 7.86. The first-order valence-electron chi connectivity index (χ1n) is 13.6. The average molecular weight is 568 g/mol. The second-order valence-corrected chi connectivity index (χ2v) is 10.4. The maximum atomic E-state index is 9.72. The van der Waals surface area contributed by atoms with Crippen LogP contribution in [-0.2, 0) is 13.2 Å². The number of hydrogen-bond acceptors (Lipinski definition) is 7. The average Bonchev–Trinajstić information content (AvgIpc) is 3.02. The topological polar surface area (TPSA) is 112 Å². The van der Waals surface area contributed by atoms with E-state index in [1.54, 1.807) is 43.5 Å². The standard InChI is InChI=1S/C18H11NO2.C18H14O4/c19-9-17-15-8-13(20)6-5-11(15)7-16-14-4-2-1-3-12(14)10-21-18(16)17;1-21-17-15-8-13(20)3-2-10(15)7-16-14-5-4-12(19)6-11(14)9-22-18(16)17/h1-8,20H,10H2;2-8,19-20H,9H2,1H3. The number of aromatic hydroxyl groups is 3. The van der Waals surface area contributed by atoms with Crippen molar-refractivity contribution in [3.63, 3.8) is 0 Å². The SMILES string of the molecule is COc1c2c(cc3ccc(O)cc13)-c1ccc(O)cc1CO2.N#Cc1c2c(cc3ccc(O)cc13)-c1ccccc1CO2. The number of nitriles is 1. The molecule has 2 aliphatic rings. The number of fused-ring (bicyclic) bond motifs is 8. The van der Waals surface area contributed by atoms with Gasteiger partial charge in [0.05, 0.1) is 7.11 Å². The van der Waals surface area contributed by atoms with Gasteiger partial charge in [-0.2, -0.15) is 5.26 Å². The lowest BCUT2D eigenvalue weighted by molar-refractivity contribution is 0.282. The summed E-state index contributed by atoms with van der Waals surface area (Å²) in [5.41, 5.74) is 6.52. The zero-order valence-electron chi connectivity index (χ0n) is 23.1. The lowest BCUT2D eigenvalue weighted by Crippen LogP contribution is -2.07. The summed E-state index contributed by atoms with van der Waals surface area (Å²) in [7, 11) is 1.59. The lowest BCUT2D eigenvalue weighted by atomic mass is 9.91. The van der Waals surface area contributed by atoms with Gasteiger partial charge >= 0.3 is 0 Å². The summed E-state index contributed by atoms with van der Waals surface area (Å²) in [6.07, 6.45) is 0. The van der Waals surface area contributed by atoms with Crippen molar-refractivity contribution in [3.8, 4) is 62.8 Å². The summed E-state index contributed by atoms with van der Waals surface area (Å²) in [4.78, 5) is 0. The molecule has 0 atom stereocenters. The minimum absolute atomic E-state index is 0.148. The molecule has 0 amide bonds. The van der Waals surface area contributed by atoms with E-state index >= 15 is 0 Å². The molecule has 8 rings (SSSR count). The highest BCUT2D eigenvalue weighted by atomic mass is 16.5. The molecule has 0 radical (unpaired) electrons. The quantitative estimate of drug-likeness (QED) is 0.186. The van der Waals surface area contributed by atoms with Crippen LogP contribution in [0.4, 0.5) is 0 Å². The molecule has 7 heteroatoms. The molecule has 0 bridgehead atoms. The second kappa shape index (κ2) is 10.2. The second-order valence-electron chi connectivity index (χ2n) is 10.4. The number of nitrogens with zero attached hydrogens (tertiary/aromatic N) is 1. The fourth-order valence-electron chi connectivity index (χ4n) is 5.88. The Kier molecular flexibility index (Phi) is 6.18. The largest absolute Gasteiger partial charge is 0.508 e. The monoisotopic (exact) mass is 567 g/mol. The molecule has 2 heterocycles. The van der Waals surface area contributed by atoms with Gasteiger partial charge in [0.15, 0.2) is 11.5 Å². The summed E-state index contributed by atoms with van der Waals surface area (Å²) in [5, 5.41) is 41.9. The number of methoxy groups -OCH3 is 1. The van der Waals surface area contributed by atoms with Crippen molar-refractivity contribution in [2.45, 2.75) is 13.2 Å². The molecular weight excluding hydrogens is 542 g/mol. The third kappa shape index (κ3) is 4.37. The molecule has 3 N–H and O–H groups in total. The van der Waals surface area contributed by atoms with Crippen molar-refractivity contribution in [2.75, 3.05) is 7.11 Å². The molecule has 0 saturated carbocycles. The zero-order chi connectivity index (χ0) is 29.7. The van der Waals surface area contributed by atoms with Crippen molar-refractivity contribution < 1.29 is 29.5 Å². The number of hydrogen-bond donors (Lipinski definition) is 3. The Morgan fingerprint density at radius 3 is 1.95 bits per heavy atom. The Morgan fingerprint density at radius 1 is 0.628 bits per heavy atom. The Morgan fingerprint density at radius 2 is 1.21 bits per heavy atom. The fourth-order valence-corrected chi connectivity index (χ4v) is 5.88. The lowest BCUT2D eigenvalue weighted by Gasteiger charge is -2.24. The molecule has 0 saturated heterocycles. The van der Waals surface area contributed by atoms with Crippen LogP contribution in [-0.4, -0.2) is 22.4 Å². The Bertz CT molecular complexity index is 2130. The van der Waals surface area contributed by atoms with Gasteiger partial charge in [-0.15, -0.1) is 0 Å². The molecule has 6 aromatic rings. The van der Waals surface area contributed by atoms with Crippen molar-refractivity contribution in [3.05, 3.63) is 108 Å². The molecule has 0 aromatic heterocycles. The molecule has 43 heavy (non-hydrogen) atoms. The van der Waals surface area contributed by atoms with E-state index in [-0.39, 0.29) is 17.2 Å². The predicted octanol–water partition coefficient (Wildman–Crippen LogP) is 7.80. The van der Waals surface area contributed by atoms with Gasteiger partial charge in [0.1, 0.15) is 47.8 Å². The first kappa shape index (κ1) is 26.1. The van der Waals surface area contributed by atoms with E-state index in [9.17, 15) is 20.6 Å². The minimum Gasteiger partial charge on any atom is -0.508 e. The van der Waals surface area contributed by atoms with Gasteiger partial charge in [-0.1, -0.05) is 42.5 Å². The number of ether oxygens (including phenoxy) is 3. The zero-order valence-corrected chi connectivity index (χ0v) is 23.1. The molecule has 0 aliphatic carbocycles. The van der Waals surface area contributed by atoms with Crippen LogP contribution in [0.15, 0.2) is 91.0 Å². The molecule has 0 spiro atoms.